The van der Waals surface area contributed by atoms with Gasteiger partial charge in [0.1, 0.15) is 0 Å². The van der Waals surface area contributed by atoms with Crippen molar-refractivity contribution in [2.75, 3.05) is 0 Å². The third-order valence-electron chi connectivity index (χ3n) is 7.92. The molecule has 4 aromatic heterocycles. The topological polar surface area (TPSA) is 148 Å². The van der Waals surface area contributed by atoms with Crippen LogP contribution in [-0.2, 0) is 16.4 Å². The summed E-state index contributed by atoms with van der Waals surface area (Å²) in [6.45, 7) is 4.15. The van der Waals surface area contributed by atoms with Crippen LogP contribution in [0.5, 0.6) is 0 Å². The van der Waals surface area contributed by atoms with Crippen molar-refractivity contribution < 1.29 is 13.2 Å². The first-order chi connectivity index (χ1) is 19.7. The number of nitrogens with zero attached hydrogens (tertiary/aromatic N) is 7. The van der Waals surface area contributed by atoms with E-state index in [0.717, 1.165) is 52.1 Å². The lowest BCUT2D eigenvalue weighted by atomic mass is 9.87. The normalized spacial score (nSPS) is 19.4. The molecule has 2 saturated carbocycles. The fourth-order valence-electron chi connectivity index (χ4n) is 5.42. The van der Waals surface area contributed by atoms with Crippen molar-refractivity contribution in [3.8, 4) is 17.5 Å². The van der Waals surface area contributed by atoms with Crippen molar-refractivity contribution >= 4 is 26.8 Å². The van der Waals surface area contributed by atoms with Crippen molar-refractivity contribution in [2.24, 2.45) is 5.92 Å². The Morgan fingerprint density at radius 3 is 2.59 bits per heavy atom. The van der Waals surface area contributed by atoms with E-state index in [0.29, 0.717) is 36.2 Å². The second-order valence-corrected chi connectivity index (χ2v) is 13.4. The zero-order valence-electron chi connectivity index (χ0n) is 23.1. The Kier molecular flexibility index (Phi) is 7.07. The van der Waals surface area contributed by atoms with E-state index in [1.807, 2.05) is 18.3 Å². The Bertz CT molecular complexity index is 1760. The molecule has 0 saturated heterocycles. The van der Waals surface area contributed by atoms with Gasteiger partial charge in [0.05, 0.1) is 46.1 Å². The molecule has 11 nitrogen and oxygen atoms in total. The van der Waals surface area contributed by atoms with Crippen LogP contribution in [0.15, 0.2) is 43.1 Å². The minimum absolute atomic E-state index is 0.0738. The molecule has 0 spiro atoms. The summed E-state index contributed by atoms with van der Waals surface area (Å²) >= 11 is 0. The Balaban J connectivity index is 1.22. The van der Waals surface area contributed by atoms with Crippen LogP contribution in [0.1, 0.15) is 80.2 Å². The number of hydrogen-bond acceptors (Lipinski definition) is 8. The molecule has 6 rings (SSSR count). The van der Waals surface area contributed by atoms with Gasteiger partial charge in [0.25, 0.3) is 15.9 Å². The summed E-state index contributed by atoms with van der Waals surface area (Å²) in [6, 6.07) is 6.34. The summed E-state index contributed by atoms with van der Waals surface area (Å²) in [4.78, 5) is 26.9. The van der Waals surface area contributed by atoms with Crippen molar-refractivity contribution in [2.45, 2.75) is 76.1 Å². The quantitative estimate of drug-likeness (QED) is 0.333. The maximum Gasteiger partial charge on any atom is 0.256 e. The van der Waals surface area contributed by atoms with Gasteiger partial charge in [0.2, 0.25) is 0 Å². The van der Waals surface area contributed by atoms with E-state index in [-0.39, 0.29) is 29.2 Å². The minimum Gasteiger partial charge on any atom is -0.349 e. The number of pyridine rings is 1. The van der Waals surface area contributed by atoms with Crippen LogP contribution in [0.3, 0.4) is 0 Å². The van der Waals surface area contributed by atoms with Crippen molar-refractivity contribution in [3.05, 3.63) is 60.1 Å². The number of rotatable bonds is 8. The molecule has 12 heteroatoms. The number of hydrogen-bond donors (Lipinski definition) is 1. The van der Waals surface area contributed by atoms with E-state index < -0.39 is 10.0 Å². The SMILES string of the molecule is CC(C)n1cc(C(=O)NC2CCC(C#N)CC2)c2cnc(Cc3ccnc(-c4cnn(S(=O)(=O)C5CC5)c4)n3)cc21. The highest BCUT2D eigenvalue weighted by atomic mass is 32.2. The average molecular weight is 573 g/mol. The molecule has 1 amide bonds. The molecule has 0 bridgehead atoms. The highest BCUT2D eigenvalue weighted by Gasteiger charge is 2.37. The van der Waals surface area contributed by atoms with Crippen LogP contribution in [0.2, 0.25) is 0 Å². The zero-order chi connectivity index (χ0) is 28.7. The van der Waals surface area contributed by atoms with Crippen LogP contribution in [0.4, 0.5) is 0 Å². The van der Waals surface area contributed by atoms with Gasteiger partial charge in [-0.25, -0.2) is 18.4 Å². The van der Waals surface area contributed by atoms with Crippen LogP contribution in [-0.4, -0.2) is 54.3 Å². The summed E-state index contributed by atoms with van der Waals surface area (Å²) < 4.78 is 28.1. The van der Waals surface area contributed by atoms with Gasteiger partial charge in [0.15, 0.2) is 5.82 Å². The monoisotopic (exact) mass is 572 g/mol. The van der Waals surface area contributed by atoms with E-state index in [4.69, 9.17) is 5.26 Å². The highest BCUT2D eigenvalue weighted by molar-refractivity contribution is 7.90. The molecule has 0 atom stereocenters. The largest absolute Gasteiger partial charge is 0.349 e. The van der Waals surface area contributed by atoms with Crippen molar-refractivity contribution in [1.82, 2.24) is 34.0 Å². The summed E-state index contributed by atoms with van der Waals surface area (Å²) in [5.74, 6) is 0.365. The second kappa shape index (κ2) is 10.7. The summed E-state index contributed by atoms with van der Waals surface area (Å²) in [5.41, 5.74) is 3.57. The summed E-state index contributed by atoms with van der Waals surface area (Å²) in [6.07, 6.45) is 13.2. The summed E-state index contributed by atoms with van der Waals surface area (Å²) in [7, 11) is -3.46. The van der Waals surface area contributed by atoms with Gasteiger partial charge >= 0.3 is 0 Å². The van der Waals surface area contributed by atoms with E-state index in [2.05, 4.69) is 49.9 Å². The molecule has 1 N–H and O–H groups in total. The van der Waals surface area contributed by atoms with E-state index in [1.54, 1.807) is 12.4 Å². The number of amides is 1. The van der Waals surface area contributed by atoms with Gasteiger partial charge in [-0.15, -0.1) is 0 Å². The summed E-state index contributed by atoms with van der Waals surface area (Å²) in [5, 5.41) is 16.8. The Hall–Kier alpha value is -4.11. The van der Waals surface area contributed by atoms with Gasteiger partial charge in [0, 0.05) is 54.1 Å². The maximum absolute atomic E-state index is 13.3. The van der Waals surface area contributed by atoms with E-state index in [9.17, 15) is 13.2 Å². The van der Waals surface area contributed by atoms with Crippen LogP contribution >= 0.6 is 0 Å². The Labute approximate surface area is 238 Å². The average Bonchev–Trinajstić information content (AvgIpc) is 3.58. The van der Waals surface area contributed by atoms with Crippen LogP contribution in [0, 0.1) is 17.2 Å². The standard InChI is InChI=1S/C29H32N8O3S/c1-18(2)36-17-26(29(38)35-21-5-3-19(13-30)4-6-21)25-15-32-23(12-27(25)36)11-22-9-10-31-28(34-22)20-14-33-37(16-20)41(39,40)24-7-8-24/h9-10,12,14-19,21,24H,3-8,11H2,1-2H3,(H,35,38). The maximum atomic E-state index is 13.3. The molecule has 0 radical (unpaired) electrons. The number of aromatic nitrogens is 6. The van der Waals surface area contributed by atoms with Crippen molar-refractivity contribution in [1.29, 1.82) is 5.26 Å². The highest BCUT2D eigenvalue weighted by Crippen LogP contribution is 2.31. The number of fused-ring (bicyclic) bond motifs is 1. The molecule has 4 aromatic rings. The number of carbonyl (C=O) groups is 1. The lowest BCUT2D eigenvalue weighted by molar-refractivity contribution is 0.0926. The first-order valence-electron chi connectivity index (χ1n) is 14.0. The molecule has 0 unspecified atom stereocenters. The lowest BCUT2D eigenvalue weighted by Gasteiger charge is -2.25. The lowest BCUT2D eigenvalue weighted by Crippen LogP contribution is -2.37. The molecule has 2 aliphatic carbocycles. The Morgan fingerprint density at radius 1 is 1.10 bits per heavy atom. The van der Waals surface area contributed by atoms with Gasteiger partial charge in [-0.3, -0.25) is 9.78 Å². The molecule has 0 aliphatic heterocycles. The number of carbonyl (C=O) groups excluding carboxylic acids is 1. The first kappa shape index (κ1) is 27.1. The van der Waals surface area contributed by atoms with Gasteiger partial charge < -0.3 is 9.88 Å². The van der Waals surface area contributed by atoms with Gasteiger partial charge in [-0.1, -0.05) is 0 Å². The fraction of sp³-hybridized carbons (Fsp3) is 0.448. The van der Waals surface area contributed by atoms with E-state index >= 15 is 0 Å². The minimum atomic E-state index is -3.46. The van der Waals surface area contributed by atoms with Crippen molar-refractivity contribution in [3.63, 3.8) is 0 Å². The molecule has 212 valence electrons. The zero-order valence-corrected chi connectivity index (χ0v) is 23.9. The predicted octanol–water partition coefficient (Wildman–Crippen LogP) is 4.01. The van der Waals surface area contributed by atoms with Gasteiger partial charge in [-0.05, 0) is 64.5 Å². The molecular weight excluding hydrogens is 540 g/mol. The number of nitrogens with one attached hydrogen (secondary N) is 1. The molecule has 0 aromatic carbocycles. The Morgan fingerprint density at radius 2 is 1.88 bits per heavy atom. The van der Waals surface area contributed by atoms with E-state index in [1.165, 1.54) is 12.4 Å². The molecule has 2 fully saturated rings. The molecule has 2 aliphatic rings. The number of nitriles is 1. The van der Waals surface area contributed by atoms with Crippen LogP contribution < -0.4 is 5.32 Å². The molecule has 41 heavy (non-hydrogen) atoms. The smallest absolute Gasteiger partial charge is 0.256 e. The second-order valence-electron chi connectivity index (χ2n) is 11.3. The predicted molar refractivity (Wildman–Crippen MR) is 152 cm³/mol. The molecule has 4 heterocycles. The third kappa shape index (κ3) is 5.46. The third-order valence-corrected chi connectivity index (χ3v) is 9.96. The first-order valence-corrected chi connectivity index (χ1v) is 15.5. The fourth-order valence-corrected chi connectivity index (χ4v) is 6.89. The molecular formula is C29H32N8O3S. The van der Waals surface area contributed by atoms with Crippen LogP contribution in [0.25, 0.3) is 22.3 Å². The van der Waals surface area contributed by atoms with Gasteiger partial charge in [-0.2, -0.15) is 14.4 Å².